The molecule has 1 heterocycles. The van der Waals surface area contributed by atoms with Gasteiger partial charge in [-0.1, -0.05) is 30.3 Å². The number of ether oxygens (including phenoxy) is 1. The largest absolute Gasteiger partial charge is 0.496 e. The molecule has 1 N–H and O–H groups in total. The fourth-order valence-corrected chi connectivity index (χ4v) is 3.99. The Hall–Kier alpha value is -1.58. The van der Waals surface area contributed by atoms with Crippen LogP contribution in [0.1, 0.15) is 12.0 Å². The average Bonchev–Trinajstić information content (AvgIpc) is 2.84. The van der Waals surface area contributed by atoms with Crippen LogP contribution in [0.4, 0.5) is 0 Å². The van der Waals surface area contributed by atoms with E-state index < -0.39 is 0 Å². The number of fused-ring (bicyclic) bond motifs is 2. The highest BCUT2D eigenvalue weighted by Gasteiger charge is 2.46. The van der Waals surface area contributed by atoms with Gasteiger partial charge in [-0.05, 0) is 29.2 Å². The zero-order chi connectivity index (χ0) is 14.4. The Balaban J connectivity index is 1.66. The Bertz CT molecular complexity index is 669. The van der Waals surface area contributed by atoms with Gasteiger partial charge < -0.3 is 9.84 Å². The summed E-state index contributed by atoms with van der Waals surface area (Å²) in [5.41, 5.74) is 1.27. The van der Waals surface area contributed by atoms with Gasteiger partial charge in [0.2, 0.25) is 0 Å². The van der Waals surface area contributed by atoms with Crippen LogP contribution in [-0.4, -0.2) is 36.3 Å². The summed E-state index contributed by atoms with van der Waals surface area (Å²) in [5, 5.41) is 12.4. The van der Waals surface area contributed by atoms with Gasteiger partial charge in [0.15, 0.2) is 0 Å². The molecule has 3 atom stereocenters. The van der Waals surface area contributed by atoms with Gasteiger partial charge >= 0.3 is 0 Å². The number of aliphatic hydroxyl groups excluding tert-OH is 1. The van der Waals surface area contributed by atoms with Crippen molar-refractivity contribution in [1.29, 1.82) is 0 Å². The van der Waals surface area contributed by atoms with E-state index in [0.717, 1.165) is 31.8 Å². The van der Waals surface area contributed by atoms with Crippen LogP contribution < -0.4 is 4.74 Å². The van der Waals surface area contributed by atoms with Crippen LogP contribution in [0.15, 0.2) is 36.4 Å². The second-order valence-corrected chi connectivity index (χ2v) is 6.39. The van der Waals surface area contributed by atoms with Crippen LogP contribution in [0, 0.1) is 11.8 Å². The highest BCUT2D eigenvalue weighted by atomic mass is 16.5. The van der Waals surface area contributed by atoms with Crippen molar-refractivity contribution in [2.45, 2.75) is 19.1 Å². The lowest BCUT2D eigenvalue weighted by Gasteiger charge is -2.35. The maximum absolute atomic E-state index is 9.82. The number of likely N-dealkylation sites (tertiary alicyclic amines) is 1. The third-order valence-corrected chi connectivity index (χ3v) is 5.20. The Morgan fingerprint density at radius 3 is 2.81 bits per heavy atom. The normalized spacial score (nSPS) is 28.4. The molecular weight excluding hydrogens is 262 g/mol. The predicted octanol–water partition coefficient (Wildman–Crippen LogP) is 2.66. The second-order valence-electron chi connectivity index (χ2n) is 6.39. The number of methoxy groups -OCH3 is 1. The molecule has 2 aromatic rings. The molecule has 1 aliphatic heterocycles. The van der Waals surface area contributed by atoms with Crippen LogP contribution in [0.3, 0.4) is 0 Å². The van der Waals surface area contributed by atoms with Crippen molar-refractivity contribution in [3.63, 3.8) is 0 Å². The molecule has 1 saturated carbocycles. The van der Waals surface area contributed by atoms with E-state index in [1.807, 2.05) is 0 Å². The molecule has 3 nitrogen and oxygen atoms in total. The van der Waals surface area contributed by atoms with Crippen molar-refractivity contribution in [2.24, 2.45) is 11.8 Å². The molecule has 0 radical (unpaired) electrons. The summed E-state index contributed by atoms with van der Waals surface area (Å²) in [5.74, 6) is 2.15. The molecule has 0 amide bonds. The minimum absolute atomic E-state index is 0.0746. The van der Waals surface area contributed by atoms with E-state index in [0.29, 0.717) is 11.8 Å². The quantitative estimate of drug-likeness (QED) is 0.940. The molecule has 110 valence electrons. The molecule has 2 fully saturated rings. The first-order valence-electron chi connectivity index (χ1n) is 7.71. The van der Waals surface area contributed by atoms with Gasteiger partial charge in [0.05, 0.1) is 13.2 Å². The van der Waals surface area contributed by atoms with E-state index in [-0.39, 0.29) is 6.10 Å². The smallest absolute Gasteiger partial charge is 0.123 e. The van der Waals surface area contributed by atoms with Crippen molar-refractivity contribution in [2.75, 3.05) is 20.2 Å². The fraction of sp³-hybridized carbons (Fsp3) is 0.444. The number of rotatable bonds is 3. The number of aliphatic hydroxyl groups is 1. The van der Waals surface area contributed by atoms with Crippen LogP contribution in [0.2, 0.25) is 0 Å². The topological polar surface area (TPSA) is 32.7 Å². The van der Waals surface area contributed by atoms with Crippen LogP contribution in [0.5, 0.6) is 5.75 Å². The van der Waals surface area contributed by atoms with Gasteiger partial charge in [-0.15, -0.1) is 0 Å². The summed E-state index contributed by atoms with van der Waals surface area (Å²) in [6.07, 6.45) is 0.905. The van der Waals surface area contributed by atoms with E-state index in [1.54, 1.807) is 7.11 Å². The Morgan fingerprint density at radius 2 is 2.05 bits per heavy atom. The van der Waals surface area contributed by atoms with E-state index in [2.05, 4.69) is 41.3 Å². The first-order valence-corrected chi connectivity index (χ1v) is 7.71. The molecule has 0 unspecified atom stereocenters. The molecular formula is C18H21NO2. The first-order chi connectivity index (χ1) is 10.3. The van der Waals surface area contributed by atoms with Crippen molar-refractivity contribution in [3.05, 3.63) is 42.0 Å². The molecule has 3 heteroatoms. The molecule has 21 heavy (non-hydrogen) atoms. The van der Waals surface area contributed by atoms with Gasteiger partial charge in [0, 0.05) is 31.1 Å². The number of hydrogen-bond acceptors (Lipinski definition) is 3. The van der Waals surface area contributed by atoms with E-state index >= 15 is 0 Å². The van der Waals surface area contributed by atoms with Gasteiger partial charge in [-0.3, -0.25) is 4.90 Å². The summed E-state index contributed by atoms with van der Waals surface area (Å²) < 4.78 is 5.58. The third kappa shape index (κ3) is 2.12. The zero-order valence-electron chi connectivity index (χ0n) is 12.3. The van der Waals surface area contributed by atoms with Gasteiger partial charge in [-0.2, -0.15) is 0 Å². The highest BCUT2D eigenvalue weighted by Crippen LogP contribution is 2.42. The molecule has 0 aromatic heterocycles. The minimum atomic E-state index is -0.0746. The Labute approximate surface area is 125 Å². The van der Waals surface area contributed by atoms with Crippen LogP contribution >= 0.6 is 0 Å². The number of benzene rings is 2. The van der Waals surface area contributed by atoms with Crippen LogP contribution in [-0.2, 0) is 6.54 Å². The summed E-state index contributed by atoms with van der Waals surface area (Å²) >= 11 is 0. The molecule has 2 aromatic carbocycles. The van der Waals surface area contributed by atoms with Crippen LogP contribution in [0.25, 0.3) is 10.8 Å². The molecule has 4 rings (SSSR count). The van der Waals surface area contributed by atoms with Crippen molar-refractivity contribution in [1.82, 2.24) is 4.90 Å². The van der Waals surface area contributed by atoms with E-state index in [1.165, 1.54) is 16.3 Å². The highest BCUT2D eigenvalue weighted by molar-refractivity contribution is 5.87. The number of hydrogen-bond donors (Lipinski definition) is 1. The minimum Gasteiger partial charge on any atom is -0.496 e. The monoisotopic (exact) mass is 283 g/mol. The molecule has 1 saturated heterocycles. The lowest BCUT2D eigenvalue weighted by molar-refractivity contribution is -0.00435. The predicted molar refractivity (Wildman–Crippen MR) is 83.4 cm³/mol. The zero-order valence-corrected chi connectivity index (χ0v) is 12.3. The summed E-state index contributed by atoms with van der Waals surface area (Å²) in [4.78, 5) is 2.47. The lowest BCUT2D eigenvalue weighted by atomic mass is 9.74. The maximum Gasteiger partial charge on any atom is 0.123 e. The van der Waals surface area contributed by atoms with Gasteiger partial charge in [0.25, 0.3) is 0 Å². The van der Waals surface area contributed by atoms with Crippen molar-refractivity contribution >= 4 is 10.8 Å². The van der Waals surface area contributed by atoms with E-state index in [4.69, 9.17) is 4.74 Å². The second kappa shape index (κ2) is 5.00. The first kappa shape index (κ1) is 13.1. The van der Waals surface area contributed by atoms with Gasteiger partial charge in [-0.25, -0.2) is 0 Å². The third-order valence-electron chi connectivity index (χ3n) is 5.20. The maximum atomic E-state index is 9.82. The average molecular weight is 283 g/mol. The fourth-order valence-electron chi connectivity index (χ4n) is 3.99. The van der Waals surface area contributed by atoms with Gasteiger partial charge in [0.1, 0.15) is 5.75 Å². The molecule has 2 aliphatic rings. The SMILES string of the molecule is COc1ccc2ccccc2c1CN1C[C@H]2C[C@@H](O)[C@H]2C1. The summed E-state index contributed by atoms with van der Waals surface area (Å²) in [7, 11) is 1.74. The standard InChI is InChI=1S/C18H21NO2/c1-21-18-7-6-12-4-2-3-5-14(12)16(18)11-19-9-13-8-17(20)15(13)10-19/h2-7,13,15,17,20H,8-11H2,1H3/t13-,15+,17-/m1/s1. The summed E-state index contributed by atoms with van der Waals surface area (Å²) in [6.45, 7) is 3.02. The summed E-state index contributed by atoms with van der Waals surface area (Å²) in [6, 6.07) is 12.7. The Morgan fingerprint density at radius 1 is 1.19 bits per heavy atom. The molecule has 0 bridgehead atoms. The van der Waals surface area contributed by atoms with Crippen molar-refractivity contribution < 1.29 is 9.84 Å². The Kier molecular flexibility index (Phi) is 3.12. The molecule has 1 aliphatic carbocycles. The number of nitrogens with zero attached hydrogens (tertiary/aromatic N) is 1. The molecule has 0 spiro atoms. The van der Waals surface area contributed by atoms with E-state index in [9.17, 15) is 5.11 Å². The lowest BCUT2D eigenvalue weighted by Crippen LogP contribution is -2.39. The van der Waals surface area contributed by atoms with Crippen molar-refractivity contribution in [3.8, 4) is 5.75 Å².